The molecule has 7 nitrogen and oxygen atoms in total. The largest absolute Gasteiger partial charge is 0.465 e. The first-order valence-corrected chi connectivity index (χ1v) is 12.9. The van der Waals surface area contributed by atoms with Gasteiger partial charge in [-0.3, -0.25) is 0 Å². The molecule has 0 saturated carbocycles. The molecule has 0 amide bonds. The lowest BCUT2D eigenvalue weighted by Gasteiger charge is -2.25. The Morgan fingerprint density at radius 1 is 1.23 bits per heavy atom. The zero-order valence-electron chi connectivity index (χ0n) is 17.8. The van der Waals surface area contributed by atoms with Crippen LogP contribution in [0.25, 0.3) is 0 Å². The normalized spacial score (nSPS) is 18.8. The lowest BCUT2D eigenvalue weighted by molar-refractivity contribution is 0.0534. The van der Waals surface area contributed by atoms with Gasteiger partial charge in [0.2, 0.25) is 10.0 Å². The first-order valence-electron chi connectivity index (χ1n) is 10.4. The summed E-state index contributed by atoms with van der Waals surface area (Å²) in [7, 11) is -2.15. The fraction of sp³-hybridized carbons (Fsp3) is 0.500. The maximum Gasteiger partial charge on any atom is 0.348 e. The van der Waals surface area contributed by atoms with Gasteiger partial charge in [-0.25, -0.2) is 17.5 Å². The third-order valence-electron chi connectivity index (χ3n) is 5.26. The van der Waals surface area contributed by atoms with Crippen molar-refractivity contribution in [2.75, 3.05) is 17.2 Å². The number of unbranched alkanes of at least 4 members (excludes halogenated alkanes) is 2. The van der Waals surface area contributed by atoms with E-state index in [1.807, 2.05) is 0 Å². The molecule has 0 bridgehead atoms. The lowest BCUT2D eigenvalue weighted by Crippen LogP contribution is -2.34. The Hall–Kier alpha value is -1.94. The number of hydrogen-bond donors (Lipinski definition) is 1. The van der Waals surface area contributed by atoms with Gasteiger partial charge in [-0.05, 0) is 36.2 Å². The molecule has 1 aliphatic rings. The number of rotatable bonds is 10. The smallest absolute Gasteiger partial charge is 0.348 e. The molecule has 1 aromatic carbocycles. The quantitative estimate of drug-likeness (QED) is 0.415. The third-order valence-corrected chi connectivity index (χ3v) is 8.10. The molecule has 1 N–H and O–H groups in total. The van der Waals surface area contributed by atoms with E-state index in [9.17, 15) is 18.3 Å². The van der Waals surface area contributed by atoms with E-state index in [2.05, 4.69) is 6.92 Å². The number of carbonyl (C=O) groups excluding carboxylic acids is 1. The second kappa shape index (κ2) is 10.6. The molecular weight excluding hydrogens is 438 g/mol. The van der Waals surface area contributed by atoms with Crippen LogP contribution in [0.4, 0.5) is 5.69 Å². The second-order valence-corrected chi connectivity index (χ2v) is 10.7. The number of nitrogens with zero attached hydrogens (tertiary/aromatic N) is 1. The zero-order chi connectivity index (χ0) is 22.4. The topological polar surface area (TPSA) is 93.1 Å². The predicted molar refractivity (Wildman–Crippen MR) is 121 cm³/mol. The summed E-state index contributed by atoms with van der Waals surface area (Å²) in [5.74, 6) is -0.394. The van der Waals surface area contributed by atoms with E-state index in [0.29, 0.717) is 23.4 Å². The van der Waals surface area contributed by atoms with E-state index >= 15 is 0 Å². The molecule has 1 aliphatic heterocycles. The summed E-state index contributed by atoms with van der Waals surface area (Å²) in [6.07, 6.45) is 3.01. The van der Waals surface area contributed by atoms with Gasteiger partial charge in [0.25, 0.3) is 0 Å². The minimum atomic E-state index is -3.48. The molecule has 0 radical (unpaired) electrons. The first-order chi connectivity index (χ1) is 14.9. The minimum absolute atomic E-state index is 0.0108. The molecule has 170 valence electrons. The Kier molecular flexibility index (Phi) is 8.10. The summed E-state index contributed by atoms with van der Waals surface area (Å²) in [6, 6.07) is 10.4. The lowest BCUT2D eigenvalue weighted by atomic mass is 10.0. The highest BCUT2D eigenvalue weighted by Gasteiger charge is 2.38. The Labute approximate surface area is 187 Å². The zero-order valence-corrected chi connectivity index (χ0v) is 19.5. The molecule has 2 atom stereocenters. The van der Waals surface area contributed by atoms with Crippen molar-refractivity contribution in [1.29, 1.82) is 0 Å². The van der Waals surface area contributed by atoms with Crippen LogP contribution in [0.15, 0.2) is 36.4 Å². The first kappa shape index (κ1) is 23.7. The Balaban J connectivity index is 1.68. The Bertz CT molecular complexity index is 970. The van der Waals surface area contributed by atoms with Gasteiger partial charge in [-0.15, -0.1) is 11.3 Å². The number of aliphatic hydroxyl groups is 1. The molecular formula is C22H29NO6S2. The summed E-state index contributed by atoms with van der Waals surface area (Å²) < 4.78 is 37.2. The van der Waals surface area contributed by atoms with Crippen molar-refractivity contribution in [3.05, 3.63) is 51.7 Å². The predicted octanol–water partition coefficient (Wildman–Crippen LogP) is 4.23. The summed E-state index contributed by atoms with van der Waals surface area (Å²) >= 11 is 1.26. The van der Waals surface area contributed by atoms with Gasteiger partial charge >= 0.3 is 5.97 Å². The summed E-state index contributed by atoms with van der Waals surface area (Å²) in [6.45, 7) is 2.32. The SMILES string of the molecule is CCCCCC(O)c1ccc(N2C(OCc3ccc(C(=O)OC)s3)CCS2(=O)=O)cc1. The van der Waals surface area contributed by atoms with Crippen molar-refractivity contribution in [3.8, 4) is 0 Å². The number of anilines is 1. The van der Waals surface area contributed by atoms with Gasteiger partial charge in [0, 0.05) is 11.3 Å². The number of ether oxygens (including phenoxy) is 2. The average Bonchev–Trinajstić information content (AvgIpc) is 3.35. The number of hydrogen-bond acceptors (Lipinski definition) is 7. The van der Waals surface area contributed by atoms with Gasteiger partial charge in [-0.1, -0.05) is 38.3 Å². The van der Waals surface area contributed by atoms with E-state index in [1.54, 1.807) is 36.4 Å². The van der Waals surface area contributed by atoms with Crippen LogP contribution in [0.3, 0.4) is 0 Å². The summed E-state index contributed by atoms with van der Waals surface area (Å²) in [5.41, 5.74) is 1.30. The highest BCUT2D eigenvalue weighted by Crippen LogP contribution is 2.32. The van der Waals surface area contributed by atoms with Crippen molar-refractivity contribution in [3.63, 3.8) is 0 Å². The summed E-state index contributed by atoms with van der Waals surface area (Å²) in [5, 5.41) is 10.3. The van der Waals surface area contributed by atoms with E-state index in [1.165, 1.54) is 22.8 Å². The van der Waals surface area contributed by atoms with Crippen LogP contribution in [0.1, 0.15) is 65.2 Å². The van der Waals surface area contributed by atoms with Gasteiger partial charge in [-0.2, -0.15) is 0 Å². The van der Waals surface area contributed by atoms with Crippen LogP contribution in [0.5, 0.6) is 0 Å². The van der Waals surface area contributed by atoms with Crippen LogP contribution < -0.4 is 4.31 Å². The van der Waals surface area contributed by atoms with Crippen molar-refractivity contribution in [2.24, 2.45) is 0 Å². The van der Waals surface area contributed by atoms with Crippen LogP contribution in [0.2, 0.25) is 0 Å². The molecule has 3 rings (SSSR count). The molecule has 0 aliphatic carbocycles. The Morgan fingerprint density at radius 3 is 2.65 bits per heavy atom. The standard InChI is InChI=1S/C22H29NO6S2/c1-3-4-5-6-19(24)16-7-9-17(10-8-16)23-21(13-14-31(23,26)27)29-15-18-11-12-20(30-18)22(25)28-2/h7-12,19,21,24H,3-6,13-15H2,1-2H3. The maximum absolute atomic E-state index is 12.6. The highest BCUT2D eigenvalue weighted by molar-refractivity contribution is 7.93. The number of sulfonamides is 1. The maximum atomic E-state index is 12.6. The van der Waals surface area contributed by atoms with Gasteiger partial charge in [0.1, 0.15) is 11.1 Å². The molecule has 2 aromatic rings. The van der Waals surface area contributed by atoms with Crippen LogP contribution in [0, 0.1) is 0 Å². The van der Waals surface area contributed by atoms with E-state index in [4.69, 9.17) is 9.47 Å². The molecule has 2 unspecified atom stereocenters. The van der Waals surface area contributed by atoms with Gasteiger partial charge in [0.15, 0.2) is 0 Å². The van der Waals surface area contributed by atoms with Crippen molar-refractivity contribution in [1.82, 2.24) is 0 Å². The molecule has 1 fully saturated rings. The number of methoxy groups -OCH3 is 1. The number of thiophene rings is 1. The number of carbonyl (C=O) groups is 1. The monoisotopic (exact) mass is 467 g/mol. The highest BCUT2D eigenvalue weighted by atomic mass is 32.2. The molecule has 2 heterocycles. The molecule has 31 heavy (non-hydrogen) atoms. The van der Waals surface area contributed by atoms with Crippen LogP contribution >= 0.6 is 11.3 Å². The average molecular weight is 468 g/mol. The molecule has 0 spiro atoms. The second-order valence-electron chi connectivity index (χ2n) is 7.53. The molecule has 9 heteroatoms. The van der Waals surface area contributed by atoms with Crippen molar-refractivity contribution >= 4 is 33.0 Å². The van der Waals surface area contributed by atoms with E-state index < -0.39 is 28.3 Å². The van der Waals surface area contributed by atoms with Gasteiger partial charge in [0.05, 0.1) is 31.3 Å². The minimum Gasteiger partial charge on any atom is -0.465 e. The van der Waals surface area contributed by atoms with Crippen LogP contribution in [-0.2, 0) is 26.1 Å². The van der Waals surface area contributed by atoms with Gasteiger partial charge < -0.3 is 14.6 Å². The van der Waals surface area contributed by atoms with E-state index in [-0.39, 0.29) is 12.4 Å². The number of benzene rings is 1. The Morgan fingerprint density at radius 2 is 1.97 bits per heavy atom. The fourth-order valence-corrected chi connectivity index (χ4v) is 6.08. The van der Waals surface area contributed by atoms with Crippen molar-refractivity contribution < 1.29 is 27.8 Å². The summed E-state index contributed by atoms with van der Waals surface area (Å²) in [4.78, 5) is 12.9. The van der Waals surface area contributed by atoms with Crippen molar-refractivity contribution in [2.45, 2.75) is 58.0 Å². The number of esters is 1. The number of aliphatic hydroxyl groups excluding tert-OH is 1. The third kappa shape index (κ3) is 5.85. The fourth-order valence-electron chi connectivity index (χ4n) is 3.56. The molecule has 1 saturated heterocycles. The molecule has 1 aromatic heterocycles. The van der Waals surface area contributed by atoms with Crippen LogP contribution in [-0.4, -0.2) is 38.6 Å². The van der Waals surface area contributed by atoms with E-state index in [0.717, 1.165) is 29.7 Å².